The number of ether oxygens (including phenoxy) is 2. The number of hydrogen-bond donors (Lipinski definition) is 0. The van der Waals surface area contributed by atoms with Crippen molar-refractivity contribution >= 4 is 23.4 Å². The standard InChI is InChI=1S/C15H12ClNO5/c1-10(11-2-4-12(16)5-3-11)21-15(18)22-14-8-6-13(7-9-14)17(19)20/h2-10H,1H3. The Labute approximate surface area is 131 Å². The molecule has 0 aliphatic carbocycles. The Bertz CT molecular complexity index is 669. The summed E-state index contributed by atoms with van der Waals surface area (Å²) in [5.74, 6) is 0.166. The zero-order valence-electron chi connectivity index (χ0n) is 11.6. The van der Waals surface area contributed by atoms with E-state index in [-0.39, 0.29) is 11.4 Å². The van der Waals surface area contributed by atoms with Crippen molar-refractivity contribution in [1.29, 1.82) is 0 Å². The molecule has 0 aliphatic heterocycles. The van der Waals surface area contributed by atoms with E-state index in [0.717, 1.165) is 5.56 Å². The van der Waals surface area contributed by atoms with Gasteiger partial charge in [0.05, 0.1) is 4.92 Å². The van der Waals surface area contributed by atoms with E-state index < -0.39 is 17.2 Å². The first-order chi connectivity index (χ1) is 10.5. The molecule has 0 radical (unpaired) electrons. The maximum absolute atomic E-state index is 11.7. The zero-order chi connectivity index (χ0) is 16.1. The minimum absolute atomic E-state index is 0.0877. The van der Waals surface area contributed by atoms with Crippen LogP contribution in [0.4, 0.5) is 10.5 Å². The predicted octanol–water partition coefficient (Wildman–Crippen LogP) is 4.52. The number of carbonyl (C=O) groups excluding carboxylic acids is 1. The van der Waals surface area contributed by atoms with Crippen molar-refractivity contribution < 1.29 is 19.2 Å². The molecular weight excluding hydrogens is 310 g/mol. The molecule has 0 aliphatic rings. The van der Waals surface area contributed by atoms with Crippen molar-refractivity contribution in [2.24, 2.45) is 0 Å². The fraction of sp³-hybridized carbons (Fsp3) is 0.133. The average Bonchev–Trinajstić information content (AvgIpc) is 2.48. The third-order valence-corrected chi connectivity index (χ3v) is 3.11. The lowest BCUT2D eigenvalue weighted by Gasteiger charge is -2.13. The Morgan fingerprint density at radius 1 is 1.14 bits per heavy atom. The summed E-state index contributed by atoms with van der Waals surface area (Å²) >= 11 is 5.78. The van der Waals surface area contributed by atoms with Crippen molar-refractivity contribution in [3.63, 3.8) is 0 Å². The van der Waals surface area contributed by atoms with Gasteiger partial charge in [-0.25, -0.2) is 4.79 Å². The number of halogens is 1. The number of nitrogens with zero attached hydrogens (tertiary/aromatic N) is 1. The van der Waals surface area contributed by atoms with Gasteiger partial charge in [0, 0.05) is 17.2 Å². The molecule has 0 amide bonds. The molecule has 0 bridgehead atoms. The van der Waals surface area contributed by atoms with Gasteiger partial charge >= 0.3 is 6.16 Å². The lowest BCUT2D eigenvalue weighted by atomic mass is 10.1. The summed E-state index contributed by atoms with van der Waals surface area (Å²) in [7, 11) is 0. The Balaban J connectivity index is 1.94. The van der Waals surface area contributed by atoms with Gasteiger partial charge in [0.2, 0.25) is 0 Å². The van der Waals surface area contributed by atoms with Crippen LogP contribution in [0, 0.1) is 10.1 Å². The third-order valence-electron chi connectivity index (χ3n) is 2.86. The monoisotopic (exact) mass is 321 g/mol. The van der Waals surface area contributed by atoms with Crippen LogP contribution in [-0.4, -0.2) is 11.1 Å². The molecule has 22 heavy (non-hydrogen) atoms. The summed E-state index contributed by atoms with van der Waals surface area (Å²) in [4.78, 5) is 21.7. The van der Waals surface area contributed by atoms with Gasteiger partial charge in [-0.15, -0.1) is 0 Å². The van der Waals surface area contributed by atoms with E-state index in [1.54, 1.807) is 31.2 Å². The van der Waals surface area contributed by atoms with Crippen molar-refractivity contribution in [2.45, 2.75) is 13.0 Å². The molecule has 0 spiro atoms. The minimum atomic E-state index is -0.892. The second-order valence-corrected chi connectivity index (χ2v) is 4.85. The maximum Gasteiger partial charge on any atom is 0.514 e. The van der Waals surface area contributed by atoms with Crippen LogP contribution in [0.15, 0.2) is 48.5 Å². The Morgan fingerprint density at radius 3 is 2.27 bits per heavy atom. The van der Waals surface area contributed by atoms with E-state index in [0.29, 0.717) is 5.02 Å². The zero-order valence-corrected chi connectivity index (χ0v) is 12.3. The van der Waals surface area contributed by atoms with Crippen LogP contribution in [-0.2, 0) is 4.74 Å². The highest BCUT2D eigenvalue weighted by atomic mass is 35.5. The molecule has 114 valence electrons. The molecule has 2 aromatic rings. The molecule has 0 N–H and O–H groups in total. The SMILES string of the molecule is CC(OC(=O)Oc1ccc([N+](=O)[O-])cc1)c1ccc(Cl)cc1. The molecule has 6 nitrogen and oxygen atoms in total. The second kappa shape index (κ2) is 6.91. The number of carbonyl (C=O) groups is 1. The van der Waals surface area contributed by atoms with Crippen molar-refractivity contribution in [2.75, 3.05) is 0 Å². The number of nitro groups is 1. The van der Waals surface area contributed by atoms with Crippen LogP contribution < -0.4 is 4.74 Å². The lowest BCUT2D eigenvalue weighted by Crippen LogP contribution is -2.13. The molecule has 0 heterocycles. The van der Waals surface area contributed by atoms with E-state index in [1.807, 2.05) is 0 Å². The fourth-order valence-electron chi connectivity index (χ4n) is 1.70. The van der Waals surface area contributed by atoms with Crippen molar-refractivity contribution in [1.82, 2.24) is 0 Å². The fourth-order valence-corrected chi connectivity index (χ4v) is 1.83. The van der Waals surface area contributed by atoms with Crippen LogP contribution in [0.25, 0.3) is 0 Å². The van der Waals surface area contributed by atoms with E-state index in [4.69, 9.17) is 21.1 Å². The highest BCUT2D eigenvalue weighted by Gasteiger charge is 2.14. The minimum Gasteiger partial charge on any atom is -0.426 e. The van der Waals surface area contributed by atoms with E-state index >= 15 is 0 Å². The maximum atomic E-state index is 11.7. The predicted molar refractivity (Wildman–Crippen MR) is 80.1 cm³/mol. The first-order valence-corrected chi connectivity index (χ1v) is 6.72. The normalized spacial score (nSPS) is 11.5. The highest BCUT2D eigenvalue weighted by Crippen LogP contribution is 2.21. The van der Waals surface area contributed by atoms with Crippen molar-refractivity contribution in [3.05, 3.63) is 69.2 Å². The number of non-ortho nitro benzene ring substituents is 1. The van der Waals surface area contributed by atoms with Crippen molar-refractivity contribution in [3.8, 4) is 5.75 Å². The molecule has 0 saturated carbocycles. The number of benzene rings is 2. The molecule has 0 aromatic heterocycles. The molecule has 1 atom stereocenters. The average molecular weight is 322 g/mol. The number of rotatable bonds is 4. The van der Waals surface area contributed by atoms with Gasteiger partial charge < -0.3 is 9.47 Å². The summed E-state index contributed by atoms with van der Waals surface area (Å²) < 4.78 is 10.1. The molecule has 0 fully saturated rings. The lowest BCUT2D eigenvalue weighted by molar-refractivity contribution is -0.384. The summed E-state index contributed by atoms with van der Waals surface area (Å²) in [6, 6.07) is 12.0. The summed E-state index contributed by atoms with van der Waals surface area (Å²) in [6.07, 6.45) is -1.40. The van der Waals surface area contributed by atoms with Crippen LogP contribution >= 0.6 is 11.6 Å². The Morgan fingerprint density at radius 2 is 1.73 bits per heavy atom. The van der Waals surface area contributed by atoms with E-state index in [9.17, 15) is 14.9 Å². The van der Waals surface area contributed by atoms with Crippen LogP contribution in [0.2, 0.25) is 5.02 Å². The summed E-state index contributed by atoms with van der Waals surface area (Å²) in [6.45, 7) is 1.69. The van der Waals surface area contributed by atoms with Gasteiger partial charge in [0.1, 0.15) is 11.9 Å². The topological polar surface area (TPSA) is 78.7 Å². The second-order valence-electron chi connectivity index (χ2n) is 4.41. The van der Waals surface area contributed by atoms with Crippen LogP contribution in [0.1, 0.15) is 18.6 Å². The molecule has 2 rings (SSSR count). The Kier molecular flexibility index (Phi) is 4.95. The molecule has 1 unspecified atom stereocenters. The van der Waals surface area contributed by atoms with E-state index in [2.05, 4.69) is 0 Å². The van der Waals surface area contributed by atoms with Gasteiger partial charge in [-0.3, -0.25) is 10.1 Å². The third kappa shape index (κ3) is 4.20. The molecule has 7 heteroatoms. The molecular formula is C15H12ClNO5. The Hall–Kier alpha value is -2.60. The van der Waals surface area contributed by atoms with Gasteiger partial charge in [-0.2, -0.15) is 0 Å². The van der Waals surface area contributed by atoms with Gasteiger partial charge in [-0.1, -0.05) is 23.7 Å². The first kappa shape index (κ1) is 15.8. The van der Waals surface area contributed by atoms with Gasteiger partial charge in [-0.05, 0) is 36.8 Å². The number of hydrogen-bond acceptors (Lipinski definition) is 5. The van der Waals surface area contributed by atoms with Crippen LogP contribution in [0.5, 0.6) is 5.75 Å². The van der Waals surface area contributed by atoms with Crippen LogP contribution in [0.3, 0.4) is 0 Å². The summed E-state index contributed by atoms with van der Waals surface area (Å²) in [5.41, 5.74) is 0.681. The largest absolute Gasteiger partial charge is 0.514 e. The highest BCUT2D eigenvalue weighted by molar-refractivity contribution is 6.30. The quantitative estimate of drug-likeness (QED) is 0.358. The molecule has 2 aromatic carbocycles. The van der Waals surface area contributed by atoms with E-state index in [1.165, 1.54) is 24.3 Å². The van der Waals surface area contributed by atoms with Gasteiger partial charge in [0.25, 0.3) is 5.69 Å². The first-order valence-electron chi connectivity index (χ1n) is 6.34. The summed E-state index contributed by atoms with van der Waals surface area (Å²) in [5, 5.41) is 11.1. The smallest absolute Gasteiger partial charge is 0.426 e. The molecule has 0 saturated heterocycles. The number of nitro benzene ring substituents is 1. The van der Waals surface area contributed by atoms with Gasteiger partial charge in [0.15, 0.2) is 0 Å².